The van der Waals surface area contributed by atoms with Crippen LogP contribution in [0.15, 0.2) is 12.4 Å². The average molecular weight is 250 g/mol. The van der Waals surface area contributed by atoms with Crippen molar-refractivity contribution < 1.29 is 5.11 Å². The number of rotatable bonds is 6. The average Bonchev–Trinajstić information content (AvgIpc) is 2.94. The zero-order valence-electron chi connectivity index (χ0n) is 11.0. The molecule has 100 valence electrons. The van der Waals surface area contributed by atoms with Crippen LogP contribution in [0.5, 0.6) is 0 Å². The van der Waals surface area contributed by atoms with Gasteiger partial charge in [-0.05, 0) is 19.3 Å². The van der Waals surface area contributed by atoms with E-state index in [1.54, 1.807) is 0 Å². The van der Waals surface area contributed by atoms with Gasteiger partial charge >= 0.3 is 0 Å². The van der Waals surface area contributed by atoms with Crippen molar-refractivity contribution in [3.63, 3.8) is 0 Å². The van der Waals surface area contributed by atoms with E-state index in [4.69, 9.17) is 5.11 Å². The van der Waals surface area contributed by atoms with Crippen LogP contribution in [0.2, 0.25) is 0 Å². The number of aliphatic hydroxyl groups excluding tert-OH is 1. The van der Waals surface area contributed by atoms with Crippen LogP contribution in [0.3, 0.4) is 0 Å². The molecule has 0 aliphatic carbocycles. The van der Waals surface area contributed by atoms with E-state index in [0.29, 0.717) is 6.54 Å². The highest BCUT2D eigenvalue weighted by molar-refractivity contribution is 5.30. The van der Waals surface area contributed by atoms with Crippen LogP contribution in [0, 0.1) is 0 Å². The van der Waals surface area contributed by atoms with Crippen molar-refractivity contribution in [3.8, 4) is 0 Å². The number of aliphatic hydroxyl groups is 1. The molecule has 0 amide bonds. The molecule has 0 radical (unpaired) electrons. The Labute approximate surface area is 108 Å². The highest BCUT2D eigenvalue weighted by Gasteiger charge is 2.14. The normalized spacial score (nSPS) is 17.1. The third-order valence-electron chi connectivity index (χ3n) is 3.39. The van der Waals surface area contributed by atoms with Crippen molar-refractivity contribution >= 4 is 5.95 Å². The third-order valence-corrected chi connectivity index (χ3v) is 3.39. The van der Waals surface area contributed by atoms with E-state index in [0.717, 1.165) is 31.0 Å². The summed E-state index contributed by atoms with van der Waals surface area (Å²) in [4.78, 5) is 11.0. The van der Waals surface area contributed by atoms with Crippen molar-refractivity contribution in [1.29, 1.82) is 0 Å². The highest BCUT2D eigenvalue weighted by atomic mass is 16.3. The number of hydrogen-bond donors (Lipinski definition) is 2. The monoisotopic (exact) mass is 250 g/mol. The molecule has 1 aromatic rings. The third kappa shape index (κ3) is 3.40. The van der Waals surface area contributed by atoms with E-state index in [1.165, 1.54) is 12.8 Å². The number of nitrogens with zero attached hydrogens (tertiary/aromatic N) is 3. The van der Waals surface area contributed by atoms with E-state index >= 15 is 0 Å². The summed E-state index contributed by atoms with van der Waals surface area (Å²) in [5.41, 5.74) is 1.06. The minimum atomic E-state index is 0.156. The second-order valence-electron chi connectivity index (χ2n) is 4.75. The summed E-state index contributed by atoms with van der Waals surface area (Å²) in [6.45, 7) is 5.07. The number of aromatic nitrogens is 2. The summed E-state index contributed by atoms with van der Waals surface area (Å²) in [6, 6.07) is 0.156. The van der Waals surface area contributed by atoms with E-state index in [-0.39, 0.29) is 12.6 Å². The molecule has 2 rings (SSSR count). The van der Waals surface area contributed by atoms with Crippen molar-refractivity contribution in [2.24, 2.45) is 0 Å². The quantitative estimate of drug-likeness (QED) is 0.786. The maximum Gasteiger partial charge on any atom is 0.225 e. The zero-order chi connectivity index (χ0) is 12.8. The summed E-state index contributed by atoms with van der Waals surface area (Å²) < 4.78 is 0. The molecule has 1 aliphatic heterocycles. The van der Waals surface area contributed by atoms with Crippen molar-refractivity contribution in [2.75, 3.05) is 24.6 Å². The maximum absolute atomic E-state index is 9.09. The lowest BCUT2D eigenvalue weighted by molar-refractivity contribution is 0.238. The van der Waals surface area contributed by atoms with Gasteiger partial charge in [0.15, 0.2) is 0 Å². The summed E-state index contributed by atoms with van der Waals surface area (Å²) in [5.74, 6) is 0.838. The van der Waals surface area contributed by atoms with Crippen molar-refractivity contribution in [1.82, 2.24) is 15.3 Å². The fourth-order valence-electron chi connectivity index (χ4n) is 2.12. The Hall–Kier alpha value is -1.20. The van der Waals surface area contributed by atoms with Crippen LogP contribution in [-0.4, -0.2) is 40.8 Å². The summed E-state index contributed by atoms with van der Waals surface area (Å²) in [6.07, 6.45) is 7.14. The van der Waals surface area contributed by atoms with Gasteiger partial charge in [0.1, 0.15) is 0 Å². The molecule has 0 saturated carbocycles. The first-order valence-corrected chi connectivity index (χ1v) is 6.73. The van der Waals surface area contributed by atoms with E-state index in [1.807, 2.05) is 12.4 Å². The fourth-order valence-corrected chi connectivity index (χ4v) is 2.12. The van der Waals surface area contributed by atoms with Crippen molar-refractivity contribution in [3.05, 3.63) is 18.0 Å². The van der Waals surface area contributed by atoms with Crippen LogP contribution in [-0.2, 0) is 6.54 Å². The van der Waals surface area contributed by atoms with Crippen LogP contribution in [0.25, 0.3) is 0 Å². The first kappa shape index (κ1) is 13.2. The van der Waals surface area contributed by atoms with Crippen LogP contribution in [0.4, 0.5) is 5.95 Å². The Bertz CT molecular complexity index is 345. The lowest BCUT2D eigenvalue weighted by atomic mass is 10.2. The second-order valence-corrected chi connectivity index (χ2v) is 4.75. The molecule has 2 N–H and O–H groups in total. The van der Waals surface area contributed by atoms with Gasteiger partial charge < -0.3 is 15.3 Å². The largest absolute Gasteiger partial charge is 0.395 e. The van der Waals surface area contributed by atoms with Gasteiger partial charge in [0.05, 0.1) is 6.61 Å². The highest BCUT2D eigenvalue weighted by Crippen LogP contribution is 2.14. The predicted molar refractivity (Wildman–Crippen MR) is 71.5 cm³/mol. The molecule has 18 heavy (non-hydrogen) atoms. The van der Waals surface area contributed by atoms with Gasteiger partial charge in [0.2, 0.25) is 5.95 Å². The Balaban J connectivity index is 1.87. The molecular formula is C13H22N4O. The van der Waals surface area contributed by atoms with Gasteiger partial charge in [0.25, 0.3) is 0 Å². The van der Waals surface area contributed by atoms with E-state index < -0.39 is 0 Å². The molecule has 2 heterocycles. The van der Waals surface area contributed by atoms with Gasteiger partial charge in [-0.1, -0.05) is 6.92 Å². The summed E-state index contributed by atoms with van der Waals surface area (Å²) in [7, 11) is 0. The van der Waals surface area contributed by atoms with Crippen LogP contribution >= 0.6 is 0 Å². The second kappa shape index (κ2) is 6.66. The smallest absolute Gasteiger partial charge is 0.225 e. The molecule has 0 unspecified atom stereocenters. The maximum atomic E-state index is 9.09. The molecule has 0 spiro atoms. The molecule has 5 nitrogen and oxygen atoms in total. The number of hydrogen-bond acceptors (Lipinski definition) is 5. The first-order valence-electron chi connectivity index (χ1n) is 6.73. The van der Waals surface area contributed by atoms with E-state index in [2.05, 4.69) is 27.1 Å². The molecule has 0 bridgehead atoms. The molecule has 1 fully saturated rings. The summed E-state index contributed by atoms with van der Waals surface area (Å²) >= 11 is 0. The minimum Gasteiger partial charge on any atom is -0.395 e. The van der Waals surface area contributed by atoms with Crippen molar-refractivity contribution in [2.45, 2.75) is 38.8 Å². The van der Waals surface area contributed by atoms with Gasteiger partial charge in [-0.15, -0.1) is 0 Å². The SMILES string of the molecule is CC[C@H](CO)NCc1cnc(N2CCCC2)nc1. The van der Waals surface area contributed by atoms with E-state index in [9.17, 15) is 0 Å². The fraction of sp³-hybridized carbons (Fsp3) is 0.692. The lowest BCUT2D eigenvalue weighted by Crippen LogP contribution is -2.31. The molecule has 5 heteroatoms. The molecule has 1 saturated heterocycles. The Morgan fingerprint density at radius 3 is 2.56 bits per heavy atom. The molecule has 1 atom stereocenters. The topological polar surface area (TPSA) is 61.3 Å². The lowest BCUT2D eigenvalue weighted by Gasteiger charge is -2.16. The van der Waals surface area contributed by atoms with Crippen LogP contribution in [0.1, 0.15) is 31.7 Å². The Kier molecular flexibility index (Phi) is 4.90. The van der Waals surface area contributed by atoms with Gasteiger partial charge in [0, 0.05) is 43.6 Å². The Morgan fingerprint density at radius 1 is 1.33 bits per heavy atom. The minimum absolute atomic E-state index is 0.156. The van der Waals surface area contributed by atoms with Gasteiger partial charge in [-0.25, -0.2) is 9.97 Å². The van der Waals surface area contributed by atoms with Gasteiger partial charge in [-0.2, -0.15) is 0 Å². The number of nitrogens with one attached hydrogen (secondary N) is 1. The van der Waals surface area contributed by atoms with Gasteiger partial charge in [-0.3, -0.25) is 0 Å². The van der Waals surface area contributed by atoms with Crippen LogP contribution < -0.4 is 10.2 Å². The first-order chi connectivity index (χ1) is 8.83. The summed E-state index contributed by atoms with van der Waals surface area (Å²) in [5, 5.41) is 12.4. The standard InChI is InChI=1S/C13H22N4O/c1-2-12(10-18)14-7-11-8-15-13(16-9-11)17-5-3-4-6-17/h8-9,12,14,18H,2-7,10H2,1H3/t12-/m1/s1. The molecule has 1 aliphatic rings. The zero-order valence-corrected chi connectivity index (χ0v) is 11.0. The molecular weight excluding hydrogens is 228 g/mol. The molecule has 1 aromatic heterocycles. The molecule has 0 aromatic carbocycles. The predicted octanol–water partition coefficient (Wildman–Crippen LogP) is 0.937. The Morgan fingerprint density at radius 2 is 2.00 bits per heavy atom. The number of anilines is 1.